The number of methoxy groups -OCH3 is 1. The van der Waals surface area contributed by atoms with E-state index < -0.39 is 5.79 Å². The smallest absolute Gasteiger partial charge is 0.162 e. The average molecular weight is 148 g/mol. The zero-order chi connectivity index (χ0) is 8.62. The Morgan fingerprint density at radius 1 is 1.20 bits per heavy atom. The Morgan fingerprint density at radius 2 is 1.60 bits per heavy atom. The zero-order valence-corrected chi connectivity index (χ0v) is 8.02. The van der Waals surface area contributed by atoms with Crippen LogP contribution in [0.2, 0.25) is 0 Å². The minimum atomic E-state index is -0.408. The van der Waals surface area contributed by atoms with Crippen LogP contribution >= 0.6 is 0 Å². The third-order valence-electron chi connectivity index (χ3n) is 0.984. The predicted octanol–water partition coefficient (Wildman–Crippen LogP) is 2.43. The highest BCUT2D eigenvalue weighted by Crippen LogP contribution is 2.07. The molecule has 0 amide bonds. The third kappa shape index (κ3) is 7.92. The van der Waals surface area contributed by atoms with Crippen LogP contribution in [0, 0.1) is 0 Å². The van der Waals surface area contributed by atoms with Gasteiger partial charge in [-0.1, -0.05) is 13.8 Å². The summed E-state index contributed by atoms with van der Waals surface area (Å²) in [5.74, 6) is -0.408. The van der Waals surface area contributed by atoms with Crippen LogP contribution < -0.4 is 0 Å². The molecule has 0 aromatic carbocycles. The monoisotopic (exact) mass is 148 g/mol. The van der Waals surface area contributed by atoms with Crippen LogP contribution in [0.4, 0.5) is 0 Å². The standard InChI is InChI=1S/C6H14O2.C2H6/c1-5-8-6(2,3)7-4;1-2/h5H2,1-4H3;1-2H3. The Balaban J connectivity index is 0. The Morgan fingerprint density at radius 3 is 1.70 bits per heavy atom. The first-order chi connectivity index (χ1) is 4.62. The van der Waals surface area contributed by atoms with Gasteiger partial charge in [0.1, 0.15) is 0 Å². The van der Waals surface area contributed by atoms with E-state index in [1.165, 1.54) is 0 Å². The SMILES string of the molecule is CC.CCOC(C)(C)OC. The van der Waals surface area contributed by atoms with Gasteiger partial charge in [0, 0.05) is 13.7 Å². The van der Waals surface area contributed by atoms with Crippen molar-refractivity contribution in [2.75, 3.05) is 13.7 Å². The molecule has 0 radical (unpaired) electrons. The lowest BCUT2D eigenvalue weighted by Gasteiger charge is -2.21. The molecular formula is C8H20O2. The third-order valence-corrected chi connectivity index (χ3v) is 0.984. The van der Waals surface area contributed by atoms with Gasteiger partial charge in [0.15, 0.2) is 5.79 Å². The fourth-order valence-corrected chi connectivity index (χ4v) is 0.407. The minimum absolute atomic E-state index is 0.408. The highest BCUT2D eigenvalue weighted by atomic mass is 16.7. The van der Waals surface area contributed by atoms with Gasteiger partial charge < -0.3 is 9.47 Å². The summed E-state index contributed by atoms with van der Waals surface area (Å²) in [7, 11) is 1.63. The molecule has 0 unspecified atom stereocenters. The molecule has 0 aliphatic heterocycles. The molecule has 0 aromatic rings. The minimum Gasteiger partial charge on any atom is -0.354 e. The quantitative estimate of drug-likeness (QED) is 0.572. The molecule has 0 atom stereocenters. The lowest BCUT2D eigenvalue weighted by molar-refractivity contribution is -0.193. The Kier molecular flexibility index (Phi) is 8.85. The predicted molar refractivity (Wildman–Crippen MR) is 44.1 cm³/mol. The molecule has 0 aromatic heterocycles. The van der Waals surface area contributed by atoms with E-state index in [4.69, 9.17) is 9.47 Å². The largest absolute Gasteiger partial charge is 0.354 e. The molecule has 0 spiro atoms. The van der Waals surface area contributed by atoms with Crippen LogP contribution in [0.15, 0.2) is 0 Å². The van der Waals surface area contributed by atoms with Crippen LogP contribution in [0.25, 0.3) is 0 Å². The van der Waals surface area contributed by atoms with E-state index in [1.807, 2.05) is 34.6 Å². The van der Waals surface area contributed by atoms with E-state index in [1.54, 1.807) is 7.11 Å². The number of ether oxygens (including phenoxy) is 2. The molecule has 10 heavy (non-hydrogen) atoms. The summed E-state index contributed by atoms with van der Waals surface area (Å²) in [6, 6.07) is 0. The van der Waals surface area contributed by atoms with Crippen LogP contribution in [0.5, 0.6) is 0 Å². The van der Waals surface area contributed by atoms with Gasteiger partial charge >= 0.3 is 0 Å². The molecule has 0 N–H and O–H groups in total. The van der Waals surface area contributed by atoms with Gasteiger partial charge in [0.2, 0.25) is 0 Å². The molecule has 0 heterocycles. The van der Waals surface area contributed by atoms with Crippen molar-refractivity contribution in [2.24, 2.45) is 0 Å². The van der Waals surface area contributed by atoms with Gasteiger partial charge in [-0.15, -0.1) is 0 Å². The summed E-state index contributed by atoms with van der Waals surface area (Å²) in [5, 5.41) is 0. The summed E-state index contributed by atoms with van der Waals surface area (Å²) in [4.78, 5) is 0. The molecule has 0 aliphatic rings. The summed E-state index contributed by atoms with van der Waals surface area (Å²) >= 11 is 0. The molecular weight excluding hydrogens is 128 g/mol. The van der Waals surface area contributed by atoms with E-state index in [9.17, 15) is 0 Å². The van der Waals surface area contributed by atoms with Crippen molar-refractivity contribution in [3.63, 3.8) is 0 Å². The molecule has 0 fully saturated rings. The molecule has 2 nitrogen and oxygen atoms in total. The molecule has 0 saturated carbocycles. The summed E-state index contributed by atoms with van der Waals surface area (Å²) in [6.45, 7) is 10.4. The second kappa shape index (κ2) is 7.03. The number of hydrogen-bond donors (Lipinski definition) is 0. The normalized spacial score (nSPS) is 10.2. The van der Waals surface area contributed by atoms with Gasteiger partial charge in [-0.05, 0) is 20.8 Å². The first-order valence-electron chi connectivity index (χ1n) is 3.81. The van der Waals surface area contributed by atoms with E-state index >= 15 is 0 Å². The van der Waals surface area contributed by atoms with E-state index in [-0.39, 0.29) is 0 Å². The molecule has 0 rings (SSSR count). The maximum absolute atomic E-state index is 5.16. The molecule has 0 bridgehead atoms. The second-order valence-electron chi connectivity index (χ2n) is 2.04. The van der Waals surface area contributed by atoms with Crippen molar-refractivity contribution < 1.29 is 9.47 Å². The van der Waals surface area contributed by atoms with Crippen LogP contribution in [0.3, 0.4) is 0 Å². The van der Waals surface area contributed by atoms with E-state index in [2.05, 4.69) is 0 Å². The number of rotatable bonds is 3. The van der Waals surface area contributed by atoms with Crippen LogP contribution in [-0.2, 0) is 9.47 Å². The average Bonchev–Trinajstić information content (AvgIpc) is 1.93. The zero-order valence-electron chi connectivity index (χ0n) is 8.02. The maximum Gasteiger partial charge on any atom is 0.162 e. The highest BCUT2D eigenvalue weighted by Gasteiger charge is 2.13. The molecule has 64 valence electrons. The van der Waals surface area contributed by atoms with Crippen molar-refractivity contribution in [3.05, 3.63) is 0 Å². The van der Waals surface area contributed by atoms with Crippen molar-refractivity contribution in [3.8, 4) is 0 Å². The van der Waals surface area contributed by atoms with Gasteiger partial charge in [0.05, 0.1) is 0 Å². The Bertz CT molecular complexity index is 60.3. The summed E-state index contributed by atoms with van der Waals surface area (Å²) in [5.41, 5.74) is 0. The van der Waals surface area contributed by atoms with Gasteiger partial charge in [0.25, 0.3) is 0 Å². The summed E-state index contributed by atoms with van der Waals surface area (Å²) in [6.07, 6.45) is 0. The Labute approximate surface area is 64.5 Å². The van der Waals surface area contributed by atoms with E-state index in [0.29, 0.717) is 6.61 Å². The van der Waals surface area contributed by atoms with Crippen molar-refractivity contribution in [2.45, 2.75) is 40.4 Å². The van der Waals surface area contributed by atoms with Crippen molar-refractivity contribution >= 4 is 0 Å². The molecule has 0 aliphatic carbocycles. The number of hydrogen-bond acceptors (Lipinski definition) is 2. The lowest BCUT2D eigenvalue weighted by Crippen LogP contribution is -2.26. The first-order valence-corrected chi connectivity index (χ1v) is 3.81. The molecule has 2 heteroatoms. The van der Waals surface area contributed by atoms with Crippen molar-refractivity contribution in [1.29, 1.82) is 0 Å². The fraction of sp³-hybridized carbons (Fsp3) is 1.00. The van der Waals surface area contributed by atoms with Gasteiger partial charge in [-0.3, -0.25) is 0 Å². The van der Waals surface area contributed by atoms with Gasteiger partial charge in [-0.2, -0.15) is 0 Å². The maximum atomic E-state index is 5.16. The van der Waals surface area contributed by atoms with Gasteiger partial charge in [-0.25, -0.2) is 0 Å². The lowest BCUT2D eigenvalue weighted by atomic mass is 10.4. The molecule has 0 saturated heterocycles. The topological polar surface area (TPSA) is 18.5 Å². The second-order valence-corrected chi connectivity index (χ2v) is 2.04. The van der Waals surface area contributed by atoms with E-state index in [0.717, 1.165) is 0 Å². The highest BCUT2D eigenvalue weighted by molar-refractivity contribution is 4.49. The fourth-order valence-electron chi connectivity index (χ4n) is 0.407. The Hall–Kier alpha value is -0.0800. The van der Waals surface area contributed by atoms with Crippen LogP contribution in [0.1, 0.15) is 34.6 Å². The summed E-state index contributed by atoms with van der Waals surface area (Å²) < 4.78 is 10.1. The van der Waals surface area contributed by atoms with Crippen molar-refractivity contribution in [1.82, 2.24) is 0 Å². The first kappa shape index (κ1) is 12.6. The van der Waals surface area contributed by atoms with Crippen LogP contribution in [-0.4, -0.2) is 19.5 Å².